The maximum atomic E-state index is 8.90. The highest BCUT2D eigenvalue weighted by atomic mass is 16.5. The van der Waals surface area contributed by atoms with Crippen molar-refractivity contribution in [2.45, 2.75) is 129 Å². The number of rotatable bonds is 23. The van der Waals surface area contributed by atoms with Gasteiger partial charge in [-0.1, -0.05) is 103 Å². The Morgan fingerprint density at radius 1 is 0.571 bits per heavy atom. The number of hydrogen-bond acceptors (Lipinski definition) is 3. The highest BCUT2D eigenvalue weighted by Gasteiger charge is 2.04. The summed E-state index contributed by atoms with van der Waals surface area (Å²) >= 11 is 0. The molecule has 0 aromatic heterocycles. The summed E-state index contributed by atoms with van der Waals surface area (Å²) in [5.41, 5.74) is 0. The van der Waals surface area contributed by atoms with Crippen molar-refractivity contribution in [3.05, 3.63) is 12.2 Å². The second kappa shape index (κ2) is 24.7. The molecule has 0 saturated carbocycles. The first-order valence-corrected chi connectivity index (χ1v) is 12.3. The smallest absolute Gasteiger partial charge is 0.104 e. The van der Waals surface area contributed by atoms with Crippen molar-refractivity contribution in [3.63, 3.8) is 0 Å². The molecular formula is C25H50O3. The molecule has 0 spiro atoms. The van der Waals surface area contributed by atoms with Crippen LogP contribution in [0.3, 0.4) is 0 Å². The molecule has 0 rings (SSSR count). The molecule has 0 bridgehead atoms. The van der Waals surface area contributed by atoms with Crippen LogP contribution in [0.1, 0.15) is 122 Å². The van der Waals surface area contributed by atoms with Crippen molar-refractivity contribution in [1.29, 1.82) is 0 Å². The molecule has 3 heteroatoms. The van der Waals surface area contributed by atoms with Crippen molar-refractivity contribution in [2.75, 3.05) is 19.8 Å². The number of unbranched alkanes of at least 4 members (excludes halogenated alkanes) is 16. The minimum absolute atomic E-state index is 0.0913. The lowest BCUT2D eigenvalue weighted by molar-refractivity contribution is -0.0208. The number of hydrogen-bond donors (Lipinski definition) is 2. The third kappa shape index (κ3) is 21.9. The molecule has 0 aliphatic carbocycles. The third-order valence-electron chi connectivity index (χ3n) is 5.42. The summed E-state index contributed by atoms with van der Waals surface area (Å²) in [5, 5.41) is 17.8. The molecule has 0 saturated heterocycles. The maximum Gasteiger partial charge on any atom is 0.104 e. The Bertz CT molecular complexity index is 300. The summed E-state index contributed by atoms with van der Waals surface area (Å²) < 4.78 is 5.37. The maximum absolute atomic E-state index is 8.90. The van der Waals surface area contributed by atoms with Gasteiger partial charge in [-0.2, -0.15) is 0 Å². The minimum atomic E-state index is -0.393. The van der Waals surface area contributed by atoms with Gasteiger partial charge in [0.15, 0.2) is 0 Å². The van der Waals surface area contributed by atoms with Crippen LogP contribution in [0.25, 0.3) is 0 Å². The van der Waals surface area contributed by atoms with Gasteiger partial charge in [0.25, 0.3) is 0 Å². The molecule has 0 heterocycles. The van der Waals surface area contributed by atoms with E-state index in [9.17, 15) is 0 Å². The van der Waals surface area contributed by atoms with Crippen LogP contribution in [-0.4, -0.2) is 36.1 Å². The summed E-state index contributed by atoms with van der Waals surface area (Å²) in [6.07, 6.45) is 28.4. The van der Waals surface area contributed by atoms with Gasteiger partial charge in [0.2, 0.25) is 0 Å². The van der Waals surface area contributed by atoms with Gasteiger partial charge in [-0.05, 0) is 32.1 Å². The molecule has 0 radical (unpaired) electrons. The summed E-state index contributed by atoms with van der Waals surface area (Å²) in [7, 11) is 0. The molecule has 0 unspecified atom stereocenters. The molecular weight excluding hydrogens is 348 g/mol. The lowest BCUT2D eigenvalue weighted by Crippen LogP contribution is -2.22. The zero-order chi connectivity index (χ0) is 20.5. The van der Waals surface area contributed by atoms with Gasteiger partial charge in [0.1, 0.15) is 6.10 Å². The summed E-state index contributed by atoms with van der Waals surface area (Å²) in [5.74, 6) is 0. The summed E-state index contributed by atoms with van der Waals surface area (Å²) in [6.45, 7) is 2.75. The van der Waals surface area contributed by atoms with E-state index in [0.29, 0.717) is 6.61 Å². The highest BCUT2D eigenvalue weighted by molar-refractivity contribution is 4.81. The van der Waals surface area contributed by atoms with E-state index in [-0.39, 0.29) is 13.2 Å². The van der Waals surface area contributed by atoms with E-state index in [1.807, 2.05) is 0 Å². The first-order valence-electron chi connectivity index (χ1n) is 12.3. The molecule has 28 heavy (non-hydrogen) atoms. The molecule has 168 valence electrons. The van der Waals surface area contributed by atoms with Gasteiger partial charge in [-0.15, -0.1) is 0 Å². The molecule has 0 aromatic rings. The lowest BCUT2D eigenvalue weighted by atomic mass is 10.1. The molecule has 0 aromatic carbocycles. The Kier molecular flexibility index (Phi) is 24.3. The minimum Gasteiger partial charge on any atom is -0.394 e. The van der Waals surface area contributed by atoms with Gasteiger partial charge in [0, 0.05) is 6.61 Å². The number of aliphatic hydroxyl groups excluding tert-OH is 2. The molecule has 0 aliphatic heterocycles. The van der Waals surface area contributed by atoms with Crippen LogP contribution in [-0.2, 0) is 4.74 Å². The zero-order valence-corrected chi connectivity index (χ0v) is 18.9. The van der Waals surface area contributed by atoms with E-state index < -0.39 is 6.10 Å². The van der Waals surface area contributed by atoms with Gasteiger partial charge in [-0.25, -0.2) is 0 Å². The molecule has 2 N–H and O–H groups in total. The monoisotopic (exact) mass is 398 g/mol. The van der Waals surface area contributed by atoms with Crippen molar-refractivity contribution < 1.29 is 14.9 Å². The normalized spacial score (nSPS) is 11.9. The second-order valence-electron chi connectivity index (χ2n) is 8.21. The summed E-state index contributed by atoms with van der Waals surface area (Å²) in [4.78, 5) is 0. The van der Waals surface area contributed by atoms with Crippen molar-refractivity contribution >= 4 is 0 Å². The van der Waals surface area contributed by atoms with E-state index in [0.717, 1.165) is 6.42 Å². The van der Waals surface area contributed by atoms with Crippen LogP contribution in [0, 0.1) is 0 Å². The number of ether oxygens (including phenoxy) is 1. The molecule has 0 fully saturated rings. The van der Waals surface area contributed by atoms with E-state index in [1.54, 1.807) is 0 Å². The highest BCUT2D eigenvalue weighted by Crippen LogP contribution is 2.12. The van der Waals surface area contributed by atoms with Crippen molar-refractivity contribution in [2.24, 2.45) is 0 Å². The Morgan fingerprint density at radius 3 is 1.39 bits per heavy atom. The van der Waals surface area contributed by atoms with E-state index >= 15 is 0 Å². The van der Waals surface area contributed by atoms with Crippen LogP contribution in [0.4, 0.5) is 0 Å². The summed E-state index contributed by atoms with van der Waals surface area (Å²) in [6, 6.07) is 0. The predicted octanol–water partition coefficient (Wildman–Crippen LogP) is 6.95. The quantitative estimate of drug-likeness (QED) is 0.144. The van der Waals surface area contributed by atoms with Crippen LogP contribution in [0.15, 0.2) is 12.2 Å². The number of allylic oxidation sites excluding steroid dienone is 2. The zero-order valence-electron chi connectivity index (χ0n) is 18.9. The third-order valence-corrected chi connectivity index (χ3v) is 5.42. The lowest BCUT2D eigenvalue weighted by Gasteiger charge is -2.11. The fraction of sp³-hybridized carbons (Fsp3) is 0.920. The Hall–Kier alpha value is -0.380. The molecule has 0 amide bonds. The average molecular weight is 399 g/mol. The van der Waals surface area contributed by atoms with Gasteiger partial charge in [0.05, 0.1) is 13.2 Å². The van der Waals surface area contributed by atoms with E-state index in [4.69, 9.17) is 14.9 Å². The van der Waals surface area contributed by atoms with Crippen molar-refractivity contribution in [3.8, 4) is 0 Å². The average Bonchev–Trinajstić information content (AvgIpc) is 2.72. The second-order valence-corrected chi connectivity index (χ2v) is 8.21. The fourth-order valence-electron chi connectivity index (χ4n) is 3.47. The first kappa shape index (κ1) is 27.6. The van der Waals surface area contributed by atoms with Crippen LogP contribution in [0.2, 0.25) is 0 Å². The molecule has 0 aliphatic rings. The van der Waals surface area contributed by atoms with Crippen LogP contribution >= 0.6 is 0 Å². The van der Waals surface area contributed by atoms with E-state index in [2.05, 4.69) is 19.1 Å². The van der Waals surface area contributed by atoms with Crippen LogP contribution < -0.4 is 0 Å². The molecule has 3 nitrogen and oxygen atoms in total. The Morgan fingerprint density at radius 2 is 0.964 bits per heavy atom. The van der Waals surface area contributed by atoms with Crippen LogP contribution in [0.5, 0.6) is 0 Å². The number of aliphatic hydroxyl groups is 2. The van der Waals surface area contributed by atoms with Crippen molar-refractivity contribution in [1.82, 2.24) is 0 Å². The topological polar surface area (TPSA) is 49.7 Å². The Labute approximate surface area is 176 Å². The Balaban J connectivity index is 3.11. The van der Waals surface area contributed by atoms with E-state index in [1.165, 1.54) is 109 Å². The fourth-order valence-corrected chi connectivity index (χ4v) is 3.47. The first-order chi connectivity index (χ1) is 13.8. The SMILES string of the molecule is CCCCCCCC/C=C\CCCCCCCCCCCCOC(CO)CO. The largest absolute Gasteiger partial charge is 0.394 e. The molecule has 0 atom stereocenters. The van der Waals surface area contributed by atoms with Gasteiger partial charge in [-0.3, -0.25) is 0 Å². The van der Waals surface area contributed by atoms with Gasteiger partial charge < -0.3 is 14.9 Å². The predicted molar refractivity (Wildman–Crippen MR) is 122 cm³/mol. The van der Waals surface area contributed by atoms with Gasteiger partial charge >= 0.3 is 0 Å². The standard InChI is InChI=1S/C25H50O3/c1-2-3-4-5-6-7-8-9-10-11-12-13-14-15-16-17-18-19-20-21-22-28-25(23-26)24-27/h9-10,25-27H,2-8,11-24H2,1H3/b10-9-.